The Morgan fingerprint density at radius 3 is 2.92 bits per heavy atom. The van der Waals surface area contributed by atoms with Crippen LogP contribution in [0.25, 0.3) is 11.5 Å². The van der Waals surface area contributed by atoms with E-state index >= 15 is 0 Å². The third kappa shape index (κ3) is 1.59. The van der Waals surface area contributed by atoms with E-state index in [1.54, 1.807) is 6.07 Å². The molecule has 0 unspecified atom stereocenters. The Balaban J connectivity index is 2.52. The van der Waals surface area contributed by atoms with Crippen LogP contribution in [0.1, 0.15) is 0 Å². The molecule has 2 aromatic rings. The van der Waals surface area contributed by atoms with Gasteiger partial charge in [-0.05, 0) is 17.7 Å². The van der Waals surface area contributed by atoms with Gasteiger partial charge in [-0.25, -0.2) is 0 Å². The van der Waals surface area contributed by atoms with Crippen molar-refractivity contribution in [3.63, 3.8) is 0 Å². The number of hydrogen-bond acceptors (Lipinski definition) is 4. The maximum absolute atomic E-state index is 10.9. The van der Waals surface area contributed by atoms with Gasteiger partial charge in [-0.2, -0.15) is 0 Å². The molecule has 0 spiro atoms. The van der Waals surface area contributed by atoms with Crippen molar-refractivity contribution in [2.24, 2.45) is 0 Å². The van der Waals surface area contributed by atoms with Gasteiger partial charge in [0.25, 0.3) is 0 Å². The zero-order valence-corrected chi connectivity index (χ0v) is 7.08. The maximum Gasteiger partial charge on any atom is 0.313 e. The molecule has 0 aromatic carbocycles. The highest BCUT2D eigenvalue weighted by Crippen LogP contribution is 2.16. The second-order valence-electron chi connectivity index (χ2n) is 2.30. The molecular weight excluding hydrogens is 194 g/mol. The van der Waals surface area contributed by atoms with E-state index in [9.17, 15) is 4.79 Å². The number of pyridine rings is 1. The Hall–Kier alpha value is -1.62. The highest BCUT2D eigenvalue weighted by atomic mass is 35.5. The first-order valence-electron chi connectivity index (χ1n) is 3.44. The second-order valence-corrected chi connectivity index (χ2v) is 2.63. The summed E-state index contributed by atoms with van der Waals surface area (Å²) in [6.07, 6.45) is 1.50. The summed E-state index contributed by atoms with van der Waals surface area (Å²) in [6.45, 7) is 0. The Kier molecular flexibility index (Phi) is 1.86. The molecule has 0 aliphatic rings. The van der Waals surface area contributed by atoms with Gasteiger partial charge in [-0.3, -0.25) is 4.79 Å². The SMILES string of the molecule is O=c1cc(-c2nnc(Cl)o2)cc[nH]1. The summed E-state index contributed by atoms with van der Waals surface area (Å²) in [4.78, 5) is 13.4. The van der Waals surface area contributed by atoms with Gasteiger partial charge in [0.2, 0.25) is 11.4 Å². The van der Waals surface area contributed by atoms with Crippen molar-refractivity contribution < 1.29 is 4.42 Å². The molecule has 6 heteroatoms. The molecule has 2 heterocycles. The van der Waals surface area contributed by atoms with Gasteiger partial charge in [-0.15, -0.1) is 5.10 Å². The Labute approximate surface area is 77.4 Å². The van der Waals surface area contributed by atoms with Crippen molar-refractivity contribution in [1.29, 1.82) is 0 Å². The monoisotopic (exact) mass is 197 g/mol. The lowest BCUT2D eigenvalue weighted by Gasteiger charge is -1.90. The molecule has 0 saturated heterocycles. The van der Waals surface area contributed by atoms with Crippen LogP contribution in [0, 0.1) is 0 Å². The average Bonchev–Trinajstić information content (AvgIpc) is 2.52. The van der Waals surface area contributed by atoms with Crippen molar-refractivity contribution in [2.75, 3.05) is 0 Å². The summed E-state index contributed by atoms with van der Waals surface area (Å²) in [5.74, 6) is 0.233. The largest absolute Gasteiger partial charge is 0.407 e. The van der Waals surface area contributed by atoms with Gasteiger partial charge >= 0.3 is 5.35 Å². The molecule has 0 atom stereocenters. The topological polar surface area (TPSA) is 71.8 Å². The van der Waals surface area contributed by atoms with Crippen LogP contribution in [0.4, 0.5) is 0 Å². The van der Waals surface area contributed by atoms with Crippen molar-refractivity contribution in [2.45, 2.75) is 0 Å². The van der Waals surface area contributed by atoms with Crippen LogP contribution in [-0.2, 0) is 0 Å². The maximum atomic E-state index is 10.9. The lowest BCUT2D eigenvalue weighted by Crippen LogP contribution is -2.01. The Bertz CT molecular complexity index is 476. The molecule has 13 heavy (non-hydrogen) atoms. The lowest BCUT2D eigenvalue weighted by atomic mass is 10.3. The first-order chi connectivity index (χ1) is 6.25. The quantitative estimate of drug-likeness (QED) is 0.743. The van der Waals surface area contributed by atoms with Crippen LogP contribution in [0.5, 0.6) is 0 Å². The molecule has 0 saturated carbocycles. The van der Waals surface area contributed by atoms with Crippen LogP contribution in [0.3, 0.4) is 0 Å². The van der Waals surface area contributed by atoms with Crippen LogP contribution >= 0.6 is 11.6 Å². The smallest absolute Gasteiger partial charge is 0.313 e. The summed E-state index contributed by atoms with van der Waals surface area (Å²) in [5.41, 5.74) is 0.315. The number of nitrogens with zero attached hydrogens (tertiary/aromatic N) is 2. The molecule has 0 amide bonds. The van der Waals surface area contributed by atoms with Gasteiger partial charge in [0.15, 0.2) is 0 Å². The molecule has 66 valence electrons. The Morgan fingerprint density at radius 2 is 2.31 bits per heavy atom. The average molecular weight is 198 g/mol. The summed E-state index contributed by atoms with van der Waals surface area (Å²) in [6, 6.07) is 3.00. The zero-order chi connectivity index (χ0) is 9.26. The molecule has 2 rings (SSSR count). The first-order valence-corrected chi connectivity index (χ1v) is 3.81. The molecule has 0 aliphatic carbocycles. The lowest BCUT2D eigenvalue weighted by molar-refractivity contribution is 0.570. The van der Waals surface area contributed by atoms with Gasteiger partial charge in [0, 0.05) is 17.8 Å². The van der Waals surface area contributed by atoms with E-state index in [1.807, 2.05) is 0 Å². The molecule has 0 radical (unpaired) electrons. The minimum absolute atomic E-state index is 0.0460. The van der Waals surface area contributed by atoms with Gasteiger partial charge < -0.3 is 9.40 Å². The number of halogens is 1. The zero-order valence-electron chi connectivity index (χ0n) is 6.32. The van der Waals surface area contributed by atoms with Crippen LogP contribution < -0.4 is 5.56 Å². The van der Waals surface area contributed by atoms with Crippen LogP contribution in [0.15, 0.2) is 27.5 Å². The number of rotatable bonds is 1. The van der Waals surface area contributed by atoms with Crippen molar-refractivity contribution >= 4 is 11.6 Å². The predicted octanol–water partition coefficient (Wildman–Crippen LogP) is 1.08. The fourth-order valence-electron chi connectivity index (χ4n) is 0.900. The number of aromatic amines is 1. The van der Waals surface area contributed by atoms with Gasteiger partial charge in [-0.1, -0.05) is 5.10 Å². The standard InChI is InChI=1S/C7H4ClN3O2/c8-7-11-10-6(13-7)4-1-2-9-5(12)3-4/h1-3H,(H,9,12). The van der Waals surface area contributed by atoms with E-state index in [0.29, 0.717) is 5.56 Å². The van der Waals surface area contributed by atoms with Crippen molar-refractivity contribution in [1.82, 2.24) is 15.2 Å². The molecular formula is C7H4ClN3O2. The fourth-order valence-corrected chi connectivity index (χ4v) is 1.01. The van der Waals surface area contributed by atoms with E-state index in [0.717, 1.165) is 0 Å². The van der Waals surface area contributed by atoms with Gasteiger partial charge in [0.05, 0.1) is 0 Å². The van der Waals surface area contributed by atoms with E-state index in [1.165, 1.54) is 12.3 Å². The summed E-state index contributed by atoms with van der Waals surface area (Å²) in [7, 11) is 0. The predicted molar refractivity (Wildman–Crippen MR) is 45.4 cm³/mol. The van der Waals surface area contributed by atoms with Crippen molar-refractivity contribution in [3.05, 3.63) is 34.0 Å². The molecule has 0 fully saturated rings. The number of hydrogen-bond donors (Lipinski definition) is 1. The van der Waals surface area contributed by atoms with Crippen LogP contribution in [0.2, 0.25) is 5.35 Å². The minimum atomic E-state index is -0.230. The van der Waals surface area contributed by atoms with Gasteiger partial charge in [0.1, 0.15) is 0 Å². The minimum Gasteiger partial charge on any atom is -0.407 e. The molecule has 1 N–H and O–H groups in total. The second kappa shape index (κ2) is 3.02. The Morgan fingerprint density at radius 1 is 1.46 bits per heavy atom. The molecule has 5 nitrogen and oxygen atoms in total. The summed E-state index contributed by atoms with van der Waals surface area (Å²) < 4.78 is 4.91. The number of aromatic nitrogens is 3. The van der Waals surface area contributed by atoms with E-state index in [2.05, 4.69) is 15.2 Å². The first kappa shape index (κ1) is 8.00. The fraction of sp³-hybridized carbons (Fsp3) is 0. The number of H-pyrrole nitrogens is 1. The highest BCUT2D eigenvalue weighted by molar-refractivity contribution is 6.27. The molecule has 0 aliphatic heterocycles. The van der Waals surface area contributed by atoms with Crippen molar-refractivity contribution in [3.8, 4) is 11.5 Å². The molecule has 2 aromatic heterocycles. The molecule has 0 bridgehead atoms. The highest BCUT2D eigenvalue weighted by Gasteiger charge is 2.06. The van der Waals surface area contributed by atoms with E-state index < -0.39 is 0 Å². The normalized spacial score (nSPS) is 10.2. The van der Waals surface area contributed by atoms with Crippen LogP contribution in [-0.4, -0.2) is 15.2 Å². The third-order valence-corrected chi connectivity index (χ3v) is 1.58. The third-order valence-electron chi connectivity index (χ3n) is 1.42. The summed E-state index contributed by atoms with van der Waals surface area (Å²) in [5, 5.41) is 7.04. The number of nitrogens with one attached hydrogen (secondary N) is 1. The summed E-state index contributed by atoms with van der Waals surface area (Å²) >= 11 is 5.42. The van der Waals surface area contributed by atoms with E-state index in [-0.39, 0.29) is 16.8 Å². The van der Waals surface area contributed by atoms with E-state index in [4.69, 9.17) is 16.0 Å².